The van der Waals surface area contributed by atoms with Crippen LogP contribution >= 0.6 is 0 Å². The van der Waals surface area contributed by atoms with Gasteiger partial charge in [0.25, 0.3) is 0 Å². The second kappa shape index (κ2) is 5.24. The van der Waals surface area contributed by atoms with Crippen molar-refractivity contribution in [2.75, 3.05) is 31.9 Å². The molecule has 1 amide bonds. The monoisotopic (exact) mass is 316 g/mol. The average Bonchev–Trinajstić information content (AvgIpc) is 3.06. The Bertz CT molecular complexity index is 557. The summed E-state index contributed by atoms with van der Waals surface area (Å²) >= 11 is 0. The summed E-state index contributed by atoms with van der Waals surface area (Å²) in [5, 5.41) is 9.28. The fraction of sp³-hybridized carbons (Fsp3) is 0.846. The van der Waals surface area contributed by atoms with Crippen LogP contribution in [0.4, 0.5) is 0 Å². The van der Waals surface area contributed by atoms with Gasteiger partial charge in [-0.15, -0.1) is 0 Å². The molecule has 0 unspecified atom stereocenters. The highest BCUT2D eigenvalue weighted by Crippen LogP contribution is 2.44. The molecule has 21 heavy (non-hydrogen) atoms. The number of likely N-dealkylation sites (tertiary alicyclic amines) is 1. The Hall–Kier alpha value is -1.15. The summed E-state index contributed by atoms with van der Waals surface area (Å²) in [5.41, 5.74) is 0. The molecule has 118 valence electrons. The van der Waals surface area contributed by atoms with E-state index in [2.05, 4.69) is 0 Å². The first kappa shape index (κ1) is 14.8. The van der Waals surface area contributed by atoms with E-state index < -0.39 is 21.9 Å². The number of nitrogens with zero attached hydrogens (tertiary/aromatic N) is 2. The lowest BCUT2D eigenvalue weighted by atomic mass is 9.92. The molecule has 2 atom stereocenters. The van der Waals surface area contributed by atoms with Crippen molar-refractivity contribution in [3.63, 3.8) is 0 Å². The highest BCUT2D eigenvalue weighted by Gasteiger charge is 2.47. The number of carbonyl (C=O) groups excluding carboxylic acids is 1. The van der Waals surface area contributed by atoms with Gasteiger partial charge in [0.15, 0.2) is 0 Å². The molecule has 0 aromatic carbocycles. The minimum Gasteiger partial charge on any atom is -0.481 e. The first-order chi connectivity index (χ1) is 9.88. The van der Waals surface area contributed by atoms with Crippen molar-refractivity contribution >= 4 is 21.9 Å². The number of sulfonamides is 1. The number of rotatable bonds is 4. The summed E-state index contributed by atoms with van der Waals surface area (Å²) in [7, 11) is -3.29. The predicted octanol–water partition coefficient (Wildman–Crippen LogP) is -0.409. The van der Waals surface area contributed by atoms with Crippen molar-refractivity contribution in [2.24, 2.45) is 17.8 Å². The molecule has 0 aromatic rings. The molecule has 3 rings (SSSR count). The summed E-state index contributed by atoms with van der Waals surface area (Å²) in [6.45, 7) is 0.903. The first-order valence-electron chi connectivity index (χ1n) is 7.37. The van der Waals surface area contributed by atoms with Gasteiger partial charge in [0.1, 0.15) is 0 Å². The van der Waals surface area contributed by atoms with Gasteiger partial charge in [0, 0.05) is 19.6 Å². The van der Waals surface area contributed by atoms with Gasteiger partial charge in [-0.1, -0.05) is 0 Å². The standard InChI is InChI=1S/C13H20N2O5S/c16-12(8-15-4-1-5-21(15,19)20)14-6-10(9-2-3-9)11(7-14)13(17)18/h9-11H,1-8H2,(H,17,18)/t10-,11+/m1/s1. The van der Waals surface area contributed by atoms with Crippen molar-refractivity contribution in [3.05, 3.63) is 0 Å². The number of hydrogen-bond donors (Lipinski definition) is 1. The van der Waals surface area contributed by atoms with Crippen LogP contribution in [-0.2, 0) is 19.6 Å². The molecular weight excluding hydrogens is 296 g/mol. The van der Waals surface area contributed by atoms with E-state index in [4.69, 9.17) is 0 Å². The molecule has 2 heterocycles. The Balaban J connectivity index is 1.64. The molecule has 3 fully saturated rings. The second-order valence-corrected chi connectivity index (χ2v) is 8.34. The van der Waals surface area contributed by atoms with Crippen molar-refractivity contribution in [3.8, 4) is 0 Å². The highest BCUT2D eigenvalue weighted by molar-refractivity contribution is 7.89. The molecule has 0 spiro atoms. The maximum atomic E-state index is 12.3. The van der Waals surface area contributed by atoms with Crippen molar-refractivity contribution in [1.82, 2.24) is 9.21 Å². The Morgan fingerprint density at radius 3 is 2.43 bits per heavy atom. The smallest absolute Gasteiger partial charge is 0.308 e. The van der Waals surface area contributed by atoms with Crippen molar-refractivity contribution < 1.29 is 23.1 Å². The quantitative estimate of drug-likeness (QED) is 0.761. The lowest BCUT2D eigenvalue weighted by Crippen LogP contribution is -2.40. The Kier molecular flexibility index (Phi) is 3.69. The predicted molar refractivity (Wildman–Crippen MR) is 73.9 cm³/mol. The maximum absolute atomic E-state index is 12.3. The summed E-state index contributed by atoms with van der Waals surface area (Å²) in [5.74, 6) is -1.08. The van der Waals surface area contributed by atoms with E-state index in [-0.39, 0.29) is 30.7 Å². The number of hydrogen-bond acceptors (Lipinski definition) is 4. The van der Waals surface area contributed by atoms with Crippen LogP contribution in [0, 0.1) is 17.8 Å². The normalized spacial score (nSPS) is 32.5. The van der Waals surface area contributed by atoms with Crippen LogP contribution < -0.4 is 0 Å². The molecule has 2 aliphatic heterocycles. The van der Waals surface area contributed by atoms with Crippen LogP contribution in [0.25, 0.3) is 0 Å². The molecule has 3 aliphatic rings. The Morgan fingerprint density at radius 2 is 1.90 bits per heavy atom. The van der Waals surface area contributed by atoms with Gasteiger partial charge in [-0.25, -0.2) is 8.42 Å². The van der Waals surface area contributed by atoms with E-state index in [9.17, 15) is 23.1 Å². The topological polar surface area (TPSA) is 95.0 Å². The average molecular weight is 316 g/mol. The van der Waals surface area contributed by atoms with Gasteiger partial charge < -0.3 is 10.0 Å². The van der Waals surface area contributed by atoms with E-state index in [1.165, 1.54) is 9.21 Å². The van der Waals surface area contributed by atoms with Crippen molar-refractivity contribution in [2.45, 2.75) is 19.3 Å². The Labute approximate surface area is 123 Å². The van der Waals surface area contributed by atoms with Crippen LogP contribution in [0.3, 0.4) is 0 Å². The summed E-state index contributed by atoms with van der Waals surface area (Å²) < 4.78 is 24.7. The lowest BCUT2D eigenvalue weighted by molar-refractivity contribution is -0.142. The second-order valence-electron chi connectivity index (χ2n) is 6.25. The van der Waals surface area contributed by atoms with Gasteiger partial charge in [-0.2, -0.15) is 4.31 Å². The molecule has 1 N–H and O–H groups in total. The fourth-order valence-corrected chi connectivity index (χ4v) is 4.88. The van der Waals surface area contributed by atoms with Crippen molar-refractivity contribution in [1.29, 1.82) is 0 Å². The molecule has 0 radical (unpaired) electrons. The van der Waals surface area contributed by atoms with E-state index >= 15 is 0 Å². The summed E-state index contributed by atoms with van der Waals surface area (Å²) in [4.78, 5) is 25.1. The third-order valence-electron chi connectivity index (χ3n) is 4.78. The van der Waals surface area contributed by atoms with Crippen LogP contribution in [0.2, 0.25) is 0 Å². The summed E-state index contributed by atoms with van der Waals surface area (Å²) in [6, 6.07) is 0. The Morgan fingerprint density at radius 1 is 1.19 bits per heavy atom. The zero-order valence-electron chi connectivity index (χ0n) is 11.8. The van der Waals surface area contributed by atoms with E-state index in [1.54, 1.807) is 0 Å². The third-order valence-corrected chi connectivity index (χ3v) is 6.68. The number of aliphatic carboxylic acids is 1. The number of carbonyl (C=O) groups is 2. The van der Waals surface area contributed by atoms with E-state index in [1.807, 2.05) is 0 Å². The third kappa shape index (κ3) is 2.91. The fourth-order valence-electron chi connectivity index (χ4n) is 3.42. The first-order valence-corrected chi connectivity index (χ1v) is 8.98. The zero-order valence-corrected chi connectivity index (χ0v) is 12.6. The highest BCUT2D eigenvalue weighted by atomic mass is 32.2. The van der Waals surface area contributed by atoms with Gasteiger partial charge in [0.2, 0.25) is 15.9 Å². The number of carboxylic acid groups (broad SMARTS) is 1. The van der Waals surface area contributed by atoms with Crippen LogP contribution in [-0.4, -0.2) is 66.5 Å². The lowest BCUT2D eigenvalue weighted by Gasteiger charge is -2.20. The molecule has 0 bridgehead atoms. The molecule has 8 heteroatoms. The number of carboxylic acids is 1. The minimum absolute atomic E-state index is 0.0293. The molecule has 0 aromatic heterocycles. The summed E-state index contributed by atoms with van der Waals surface area (Å²) in [6.07, 6.45) is 2.63. The molecule has 1 aliphatic carbocycles. The van der Waals surface area contributed by atoms with Crippen LogP contribution in [0.15, 0.2) is 0 Å². The van der Waals surface area contributed by atoms with Gasteiger partial charge >= 0.3 is 5.97 Å². The molecular formula is C13H20N2O5S. The van der Waals surface area contributed by atoms with Gasteiger partial charge in [-0.05, 0) is 31.1 Å². The van der Waals surface area contributed by atoms with Crippen LogP contribution in [0.5, 0.6) is 0 Å². The molecule has 7 nitrogen and oxygen atoms in total. The minimum atomic E-state index is -3.29. The van der Waals surface area contributed by atoms with E-state index in [0.717, 1.165) is 12.8 Å². The molecule has 1 saturated carbocycles. The van der Waals surface area contributed by atoms with Gasteiger partial charge in [0.05, 0.1) is 18.2 Å². The zero-order chi connectivity index (χ0) is 15.2. The number of amides is 1. The van der Waals surface area contributed by atoms with E-state index in [0.29, 0.717) is 25.4 Å². The largest absolute Gasteiger partial charge is 0.481 e. The molecule has 2 saturated heterocycles. The van der Waals surface area contributed by atoms with Crippen LogP contribution in [0.1, 0.15) is 19.3 Å². The van der Waals surface area contributed by atoms with Gasteiger partial charge in [-0.3, -0.25) is 9.59 Å². The maximum Gasteiger partial charge on any atom is 0.308 e. The SMILES string of the molecule is O=C(O)[C@H]1CN(C(=O)CN2CCCS2(=O)=O)C[C@@H]1C1CC1.